The van der Waals surface area contributed by atoms with E-state index in [2.05, 4.69) is 24.5 Å². The SMILES string of the molecule is CC1NCC(Cl)NC1C. The van der Waals surface area contributed by atoms with Crippen LogP contribution < -0.4 is 10.6 Å². The van der Waals surface area contributed by atoms with Crippen molar-refractivity contribution < 1.29 is 0 Å². The van der Waals surface area contributed by atoms with Gasteiger partial charge in [-0.15, -0.1) is 11.6 Å². The lowest BCUT2D eigenvalue weighted by atomic mass is 10.1. The molecule has 0 aromatic carbocycles. The van der Waals surface area contributed by atoms with Gasteiger partial charge in [-0.2, -0.15) is 0 Å². The summed E-state index contributed by atoms with van der Waals surface area (Å²) in [7, 11) is 0. The van der Waals surface area contributed by atoms with Crippen LogP contribution in [0.2, 0.25) is 0 Å². The minimum absolute atomic E-state index is 0.108. The summed E-state index contributed by atoms with van der Waals surface area (Å²) >= 11 is 5.80. The lowest BCUT2D eigenvalue weighted by Gasteiger charge is -2.31. The second-order valence-electron chi connectivity index (χ2n) is 2.62. The first-order chi connectivity index (χ1) is 4.20. The molecule has 2 nitrogen and oxygen atoms in total. The fraction of sp³-hybridized carbons (Fsp3) is 1.00. The van der Waals surface area contributed by atoms with Crippen molar-refractivity contribution in [2.24, 2.45) is 0 Å². The fourth-order valence-corrected chi connectivity index (χ4v) is 1.24. The van der Waals surface area contributed by atoms with Gasteiger partial charge >= 0.3 is 0 Å². The summed E-state index contributed by atoms with van der Waals surface area (Å²) in [5, 5.41) is 6.52. The van der Waals surface area contributed by atoms with Gasteiger partial charge in [0.1, 0.15) is 0 Å². The molecule has 9 heavy (non-hydrogen) atoms. The summed E-state index contributed by atoms with van der Waals surface area (Å²) in [6, 6.07) is 1.03. The van der Waals surface area contributed by atoms with Crippen LogP contribution in [0.25, 0.3) is 0 Å². The van der Waals surface area contributed by atoms with Gasteiger partial charge in [-0.1, -0.05) is 0 Å². The maximum atomic E-state index is 5.80. The van der Waals surface area contributed by atoms with Crippen molar-refractivity contribution in [2.45, 2.75) is 31.4 Å². The van der Waals surface area contributed by atoms with E-state index in [0.717, 1.165) is 6.54 Å². The summed E-state index contributed by atoms with van der Waals surface area (Å²) in [6.45, 7) is 5.15. The van der Waals surface area contributed by atoms with E-state index >= 15 is 0 Å². The molecule has 0 spiro atoms. The molecule has 3 unspecified atom stereocenters. The Labute approximate surface area is 61.0 Å². The standard InChI is InChI=1S/C6H13ClN2/c1-4-5(2)9-6(7)3-8-4/h4-6,8-9H,3H2,1-2H3. The molecule has 0 saturated carbocycles. The van der Waals surface area contributed by atoms with Crippen LogP contribution >= 0.6 is 11.6 Å². The van der Waals surface area contributed by atoms with Gasteiger partial charge in [-0.25, -0.2) is 0 Å². The van der Waals surface area contributed by atoms with Gasteiger partial charge in [-0.3, -0.25) is 5.32 Å². The Morgan fingerprint density at radius 3 is 2.44 bits per heavy atom. The van der Waals surface area contributed by atoms with Crippen LogP contribution in [-0.2, 0) is 0 Å². The smallest absolute Gasteiger partial charge is 0.0954 e. The van der Waals surface area contributed by atoms with Crippen LogP contribution in [0.1, 0.15) is 13.8 Å². The molecule has 1 aliphatic rings. The third kappa shape index (κ3) is 1.81. The number of nitrogens with one attached hydrogen (secondary N) is 2. The van der Waals surface area contributed by atoms with Crippen molar-refractivity contribution in [2.75, 3.05) is 6.54 Å². The molecule has 0 aromatic rings. The molecule has 1 heterocycles. The van der Waals surface area contributed by atoms with Crippen molar-refractivity contribution in [3.8, 4) is 0 Å². The maximum Gasteiger partial charge on any atom is 0.0954 e. The van der Waals surface area contributed by atoms with Gasteiger partial charge in [0.15, 0.2) is 0 Å². The van der Waals surface area contributed by atoms with E-state index in [1.807, 2.05) is 0 Å². The van der Waals surface area contributed by atoms with E-state index < -0.39 is 0 Å². The molecule has 3 heteroatoms. The lowest BCUT2D eigenvalue weighted by Crippen LogP contribution is -2.56. The minimum atomic E-state index is 0.108. The van der Waals surface area contributed by atoms with Gasteiger partial charge in [0, 0.05) is 18.6 Å². The predicted octanol–water partition coefficient (Wildman–Crippen LogP) is 0.521. The zero-order chi connectivity index (χ0) is 6.85. The van der Waals surface area contributed by atoms with Gasteiger partial charge in [0.05, 0.1) is 5.50 Å². The zero-order valence-electron chi connectivity index (χ0n) is 5.82. The van der Waals surface area contributed by atoms with Crippen LogP contribution in [0.5, 0.6) is 0 Å². The Balaban J connectivity index is 2.35. The molecular weight excluding hydrogens is 136 g/mol. The van der Waals surface area contributed by atoms with E-state index in [1.54, 1.807) is 0 Å². The Morgan fingerprint density at radius 2 is 2.00 bits per heavy atom. The molecule has 0 radical (unpaired) electrons. The van der Waals surface area contributed by atoms with Gasteiger partial charge in [-0.05, 0) is 13.8 Å². The Hall–Kier alpha value is 0.210. The molecule has 1 rings (SSSR count). The Bertz CT molecular complexity index is 97.1. The van der Waals surface area contributed by atoms with Gasteiger partial charge in [0.2, 0.25) is 0 Å². The van der Waals surface area contributed by atoms with Gasteiger partial charge in [0.25, 0.3) is 0 Å². The molecular formula is C6H13ClN2. The molecule has 1 fully saturated rings. The van der Waals surface area contributed by atoms with E-state index in [-0.39, 0.29) is 5.50 Å². The number of hydrogen-bond acceptors (Lipinski definition) is 2. The number of alkyl halides is 1. The number of hydrogen-bond donors (Lipinski definition) is 2. The second-order valence-corrected chi connectivity index (χ2v) is 3.15. The summed E-state index contributed by atoms with van der Waals surface area (Å²) < 4.78 is 0. The average molecular weight is 149 g/mol. The summed E-state index contributed by atoms with van der Waals surface area (Å²) in [6.07, 6.45) is 0. The van der Waals surface area contributed by atoms with E-state index in [9.17, 15) is 0 Å². The topological polar surface area (TPSA) is 24.1 Å². The summed E-state index contributed by atoms with van der Waals surface area (Å²) in [5.74, 6) is 0. The molecule has 2 N–H and O–H groups in total. The third-order valence-corrected chi connectivity index (χ3v) is 2.09. The molecule has 0 aliphatic carbocycles. The lowest BCUT2D eigenvalue weighted by molar-refractivity contribution is 0.338. The highest BCUT2D eigenvalue weighted by molar-refractivity contribution is 6.20. The normalized spacial score (nSPS) is 45.0. The second kappa shape index (κ2) is 2.86. The predicted molar refractivity (Wildman–Crippen MR) is 39.7 cm³/mol. The van der Waals surface area contributed by atoms with Crippen molar-refractivity contribution in [1.82, 2.24) is 10.6 Å². The van der Waals surface area contributed by atoms with Crippen molar-refractivity contribution >= 4 is 11.6 Å². The summed E-state index contributed by atoms with van der Waals surface area (Å²) in [5.41, 5.74) is 0.108. The van der Waals surface area contributed by atoms with E-state index in [0.29, 0.717) is 12.1 Å². The average Bonchev–Trinajstić information content (AvgIpc) is 1.80. The van der Waals surface area contributed by atoms with Crippen LogP contribution in [0, 0.1) is 0 Å². The molecule has 54 valence electrons. The van der Waals surface area contributed by atoms with E-state index in [4.69, 9.17) is 11.6 Å². The van der Waals surface area contributed by atoms with Crippen molar-refractivity contribution in [1.29, 1.82) is 0 Å². The highest BCUT2D eigenvalue weighted by Gasteiger charge is 2.20. The first-order valence-electron chi connectivity index (χ1n) is 3.33. The van der Waals surface area contributed by atoms with Crippen LogP contribution in [0.4, 0.5) is 0 Å². The quantitative estimate of drug-likeness (QED) is 0.387. The molecule has 1 saturated heterocycles. The summed E-state index contributed by atoms with van der Waals surface area (Å²) in [4.78, 5) is 0. The van der Waals surface area contributed by atoms with Crippen molar-refractivity contribution in [3.63, 3.8) is 0 Å². The van der Waals surface area contributed by atoms with Crippen LogP contribution in [0.15, 0.2) is 0 Å². The first-order valence-corrected chi connectivity index (χ1v) is 3.77. The van der Waals surface area contributed by atoms with Crippen molar-refractivity contribution in [3.05, 3.63) is 0 Å². The van der Waals surface area contributed by atoms with E-state index in [1.165, 1.54) is 0 Å². The minimum Gasteiger partial charge on any atom is -0.310 e. The number of rotatable bonds is 0. The monoisotopic (exact) mass is 148 g/mol. The van der Waals surface area contributed by atoms with Crippen LogP contribution in [0.3, 0.4) is 0 Å². The molecule has 0 aromatic heterocycles. The molecule has 1 aliphatic heterocycles. The first kappa shape index (κ1) is 7.32. The molecule has 0 amide bonds. The number of halogens is 1. The molecule has 3 atom stereocenters. The zero-order valence-corrected chi connectivity index (χ0v) is 6.57. The highest BCUT2D eigenvalue weighted by atomic mass is 35.5. The largest absolute Gasteiger partial charge is 0.310 e. The van der Waals surface area contributed by atoms with Gasteiger partial charge < -0.3 is 5.32 Å². The Kier molecular flexibility index (Phi) is 2.33. The Morgan fingerprint density at radius 1 is 1.33 bits per heavy atom. The third-order valence-electron chi connectivity index (χ3n) is 1.81. The molecule has 0 bridgehead atoms. The van der Waals surface area contributed by atoms with Crippen LogP contribution in [-0.4, -0.2) is 24.1 Å². The fourth-order valence-electron chi connectivity index (χ4n) is 0.955. The number of piperazine rings is 1. The highest BCUT2D eigenvalue weighted by Crippen LogP contribution is 2.02. The maximum absolute atomic E-state index is 5.80.